The number of amides is 4. The van der Waals surface area contributed by atoms with E-state index < -0.39 is 54.5 Å². The lowest BCUT2D eigenvalue weighted by Gasteiger charge is -2.28. The summed E-state index contributed by atoms with van der Waals surface area (Å²) in [6.45, 7) is 4.70. The van der Waals surface area contributed by atoms with Crippen molar-refractivity contribution in [3.05, 3.63) is 47.5 Å². The largest absolute Gasteiger partial charge is 0.410 e. The Hall–Kier alpha value is -3.64. The summed E-state index contributed by atoms with van der Waals surface area (Å²) in [5, 5.41) is 11.6. The molecule has 0 bridgehead atoms. The van der Waals surface area contributed by atoms with Crippen LogP contribution in [0.4, 0.5) is 28.0 Å². The number of anilines is 1. The van der Waals surface area contributed by atoms with Gasteiger partial charge in [0, 0.05) is 12.2 Å². The topological polar surface area (TPSA) is 108 Å². The fraction of sp³-hybridized carbons (Fsp3) is 0.571. The zero-order chi connectivity index (χ0) is 29.6. The Labute approximate surface area is 235 Å². The van der Waals surface area contributed by atoms with Crippen LogP contribution in [0.3, 0.4) is 0 Å². The smallest absolute Gasteiger partial charge is 0.339 e. The molecule has 2 aromatic rings. The van der Waals surface area contributed by atoms with Gasteiger partial charge in [-0.3, -0.25) is 14.3 Å². The number of urea groups is 1. The Morgan fingerprint density at radius 1 is 1.07 bits per heavy atom. The van der Waals surface area contributed by atoms with Gasteiger partial charge in [0.15, 0.2) is 0 Å². The second-order valence-corrected chi connectivity index (χ2v) is 11.6. The van der Waals surface area contributed by atoms with Crippen LogP contribution in [0.5, 0.6) is 0 Å². The van der Waals surface area contributed by atoms with E-state index in [9.17, 15) is 27.6 Å². The molecular weight excluding hydrogens is 544 g/mol. The van der Waals surface area contributed by atoms with Crippen LogP contribution in [0.2, 0.25) is 0 Å². The highest BCUT2D eigenvalue weighted by atomic mass is 19.4. The zero-order valence-electron chi connectivity index (χ0n) is 23.0. The number of hydrogen-bond acceptors (Lipinski definition) is 4. The van der Waals surface area contributed by atoms with Gasteiger partial charge in [-0.05, 0) is 88.0 Å². The van der Waals surface area contributed by atoms with E-state index in [0.717, 1.165) is 36.6 Å². The molecule has 2 heterocycles. The average molecular weight is 579 g/mol. The number of rotatable bonds is 10. The summed E-state index contributed by atoms with van der Waals surface area (Å²) in [7, 11) is 0. The number of nitrogens with one attached hydrogen (secondary N) is 3. The molecular formula is C28H34F4N6O3. The van der Waals surface area contributed by atoms with Crippen LogP contribution in [-0.4, -0.2) is 57.3 Å². The van der Waals surface area contributed by atoms with Crippen LogP contribution in [0, 0.1) is 23.6 Å². The second kappa shape index (κ2) is 11.0. The van der Waals surface area contributed by atoms with Crippen molar-refractivity contribution in [2.24, 2.45) is 17.8 Å². The third-order valence-electron chi connectivity index (χ3n) is 8.21. The normalized spacial score (nSPS) is 20.8. The number of halogens is 4. The summed E-state index contributed by atoms with van der Waals surface area (Å²) < 4.78 is 56.1. The number of hydrogen-bond donors (Lipinski definition) is 3. The van der Waals surface area contributed by atoms with Crippen LogP contribution in [-0.2, 0) is 4.79 Å². The minimum Gasteiger partial charge on any atom is -0.339 e. The van der Waals surface area contributed by atoms with Crippen molar-refractivity contribution in [2.45, 2.75) is 76.8 Å². The number of nitrogens with zero attached hydrogens (tertiary/aromatic N) is 3. The maximum Gasteiger partial charge on any atom is 0.410 e. The standard InChI is InChI=1S/C28H34F4N6O3/c1-14(2)38-21(10-11-33-38)25(39)36-24(23(16-4-5-16)17-6-7-17)26(40)34-20-9-8-18(12-19(20)29)15(3)37-13-22(28(30,31)32)35-27(37)41/h8-12,14-17,22-24H,4-7,13H2,1-3H3,(H,34,40)(H,35,41)(H,36,39)/t15-,22+,24+/m1/s1. The lowest BCUT2D eigenvalue weighted by molar-refractivity contribution is -0.150. The SMILES string of the molecule is CC(C)n1nccc1C(=O)N[C@H](C(=O)Nc1ccc([C@@H](C)N2C[C@@H](C(F)(F)F)NC2=O)cc1F)C(C1CC1)C1CC1. The van der Waals surface area contributed by atoms with Crippen LogP contribution in [0.15, 0.2) is 30.5 Å². The van der Waals surface area contributed by atoms with Crippen molar-refractivity contribution in [3.63, 3.8) is 0 Å². The summed E-state index contributed by atoms with van der Waals surface area (Å²) >= 11 is 0. The van der Waals surface area contributed by atoms with Gasteiger partial charge in [0.25, 0.3) is 5.91 Å². The van der Waals surface area contributed by atoms with Crippen molar-refractivity contribution >= 4 is 23.5 Å². The summed E-state index contributed by atoms with van der Waals surface area (Å²) in [5.41, 5.74) is 0.479. The van der Waals surface area contributed by atoms with Gasteiger partial charge in [-0.25, -0.2) is 9.18 Å². The molecule has 0 spiro atoms. The quantitative estimate of drug-likeness (QED) is 0.352. The molecule has 1 aliphatic heterocycles. The van der Waals surface area contributed by atoms with E-state index in [1.165, 1.54) is 25.3 Å². The minimum atomic E-state index is -4.59. The molecule has 3 aliphatic rings. The molecule has 4 amide bonds. The van der Waals surface area contributed by atoms with Crippen molar-refractivity contribution in [3.8, 4) is 0 Å². The average Bonchev–Trinajstić information content (AvgIpc) is 3.83. The van der Waals surface area contributed by atoms with Crippen LogP contribution >= 0.6 is 0 Å². The highest BCUT2D eigenvalue weighted by Crippen LogP contribution is 2.51. The molecule has 0 radical (unpaired) electrons. The molecule has 222 valence electrons. The van der Waals surface area contributed by atoms with E-state index in [1.54, 1.807) is 10.7 Å². The van der Waals surface area contributed by atoms with E-state index in [2.05, 4.69) is 15.7 Å². The first-order valence-electron chi connectivity index (χ1n) is 13.9. The van der Waals surface area contributed by atoms with E-state index in [0.29, 0.717) is 17.5 Å². The zero-order valence-corrected chi connectivity index (χ0v) is 23.0. The van der Waals surface area contributed by atoms with Crippen LogP contribution < -0.4 is 16.0 Å². The van der Waals surface area contributed by atoms with Gasteiger partial charge >= 0.3 is 12.2 Å². The van der Waals surface area contributed by atoms with Gasteiger partial charge in [-0.15, -0.1) is 0 Å². The Morgan fingerprint density at radius 2 is 1.73 bits per heavy atom. The molecule has 2 saturated carbocycles. The van der Waals surface area contributed by atoms with Gasteiger partial charge in [-0.1, -0.05) is 6.07 Å². The Morgan fingerprint density at radius 3 is 2.27 bits per heavy atom. The Kier molecular flexibility index (Phi) is 7.73. The molecule has 3 N–H and O–H groups in total. The van der Waals surface area contributed by atoms with Crippen molar-refractivity contribution in [1.29, 1.82) is 0 Å². The Bertz CT molecular complexity index is 1310. The third kappa shape index (κ3) is 6.18. The molecule has 9 nitrogen and oxygen atoms in total. The number of carbonyl (C=O) groups excluding carboxylic acids is 3. The second-order valence-electron chi connectivity index (χ2n) is 11.6. The predicted molar refractivity (Wildman–Crippen MR) is 141 cm³/mol. The fourth-order valence-electron chi connectivity index (χ4n) is 5.71. The van der Waals surface area contributed by atoms with Gasteiger partial charge in [-0.2, -0.15) is 18.3 Å². The third-order valence-corrected chi connectivity index (χ3v) is 8.21. The van der Waals surface area contributed by atoms with Crippen molar-refractivity contribution in [1.82, 2.24) is 25.3 Å². The number of benzene rings is 1. The number of alkyl halides is 3. The highest BCUT2D eigenvalue weighted by molar-refractivity contribution is 6.01. The molecule has 13 heteroatoms. The maximum atomic E-state index is 15.2. The van der Waals surface area contributed by atoms with Gasteiger partial charge in [0.05, 0.1) is 18.3 Å². The summed E-state index contributed by atoms with van der Waals surface area (Å²) in [6, 6.07) is 0.793. The molecule has 1 aromatic carbocycles. The Balaban J connectivity index is 1.33. The lowest BCUT2D eigenvalue weighted by Crippen LogP contribution is -2.50. The molecule has 3 fully saturated rings. The summed E-state index contributed by atoms with van der Waals surface area (Å²) in [4.78, 5) is 40.0. The molecule has 0 unspecified atom stereocenters. The van der Waals surface area contributed by atoms with Crippen LogP contribution in [0.25, 0.3) is 0 Å². The summed E-state index contributed by atoms with van der Waals surface area (Å²) in [5.74, 6) is -1.25. The van der Waals surface area contributed by atoms with Gasteiger partial charge < -0.3 is 20.9 Å². The van der Waals surface area contributed by atoms with E-state index in [1.807, 2.05) is 19.2 Å². The molecule has 41 heavy (non-hydrogen) atoms. The fourth-order valence-corrected chi connectivity index (χ4v) is 5.71. The van der Waals surface area contributed by atoms with Gasteiger partial charge in [0.1, 0.15) is 23.6 Å². The van der Waals surface area contributed by atoms with Crippen LogP contribution in [0.1, 0.15) is 74.6 Å². The molecule has 2 aliphatic carbocycles. The number of aromatic nitrogens is 2. The first-order valence-corrected chi connectivity index (χ1v) is 13.9. The summed E-state index contributed by atoms with van der Waals surface area (Å²) in [6.07, 6.45) is 0.782. The highest BCUT2D eigenvalue weighted by Gasteiger charge is 2.49. The van der Waals surface area contributed by atoms with Crippen molar-refractivity contribution in [2.75, 3.05) is 11.9 Å². The minimum absolute atomic E-state index is 0.0679. The molecule has 3 atom stereocenters. The van der Waals surface area contributed by atoms with Crippen molar-refractivity contribution < 1.29 is 31.9 Å². The molecule has 1 saturated heterocycles. The first-order chi connectivity index (χ1) is 19.3. The van der Waals surface area contributed by atoms with E-state index in [4.69, 9.17) is 0 Å². The molecule has 1 aromatic heterocycles. The maximum absolute atomic E-state index is 15.2. The van der Waals surface area contributed by atoms with E-state index in [-0.39, 0.29) is 23.2 Å². The number of carbonyl (C=O) groups is 3. The van der Waals surface area contributed by atoms with Gasteiger partial charge in [0.2, 0.25) is 5.91 Å². The predicted octanol–water partition coefficient (Wildman–Crippen LogP) is 4.79. The first kappa shape index (κ1) is 28.9. The van der Waals surface area contributed by atoms with E-state index >= 15 is 4.39 Å². The monoisotopic (exact) mass is 578 g/mol. The lowest BCUT2D eigenvalue weighted by atomic mass is 9.88. The molecule has 5 rings (SSSR count).